The Labute approximate surface area is 114 Å². The SMILES string of the molecule is CC(C)S(=O)(=O)Nc1ccc(Br)cc1/C(N)=N/O. The normalized spacial score (nSPS) is 12.8. The van der Waals surface area contributed by atoms with E-state index >= 15 is 0 Å². The smallest absolute Gasteiger partial charge is 0.235 e. The maximum absolute atomic E-state index is 11.8. The molecule has 1 aromatic rings. The van der Waals surface area contributed by atoms with Gasteiger partial charge < -0.3 is 10.9 Å². The first kappa shape index (κ1) is 14.8. The van der Waals surface area contributed by atoms with Gasteiger partial charge in [0.25, 0.3) is 0 Å². The third-order valence-corrected chi connectivity index (χ3v) is 4.48. The summed E-state index contributed by atoms with van der Waals surface area (Å²) in [5, 5.41) is 11.0. The van der Waals surface area contributed by atoms with Crippen molar-refractivity contribution in [3.63, 3.8) is 0 Å². The van der Waals surface area contributed by atoms with Crippen molar-refractivity contribution in [2.45, 2.75) is 19.1 Å². The van der Waals surface area contributed by atoms with Gasteiger partial charge in [0.05, 0.1) is 10.9 Å². The number of rotatable bonds is 4. The molecular formula is C10H14BrN3O3S. The minimum absolute atomic E-state index is 0.169. The lowest BCUT2D eigenvalue weighted by Crippen LogP contribution is -2.25. The molecule has 0 amide bonds. The summed E-state index contributed by atoms with van der Waals surface area (Å²) in [4.78, 5) is 0. The van der Waals surface area contributed by atoms with Crippen LogP contribution >= 0.6 is 15.9 Å². The molecule has 0 spiro atoms. The third kappa shape index (κ3) is 3.36. The Bertz CT molecular complexity index is 570. The lowest BCUT2D eigenvalue weighted by atomic mass is 10.2. The molecule has 0 bridgehead atoms. The summed E-state index contributed by atoms with van der Waals surface area (Å²) in [6.45, 7) is 3.12. The van der Waals surface area contributed by atoms with Crippen LogP contribution in [0.25, 0.3) is 0 Å². The molecule has 6 nitrogen and oxygen atoms in total. The maximum Gasteiger partial charge on any atom is 0.235 e. The number of halogens is 1. The monoisotopic (exact) mass is 335 g/mol. The molecule has 1 aromatic carbocycles. The number of anilines is 1. The number of nitrogens with one attached hydrogen (secondary N) is 1. The van der Waals surface area contributed by atoms with Gasteiger partial charge in [0.15, 0.2) is 5.84 Å². The lowest BCUT2D eigenvalue weighted by molar-refractivity contribution is 0.318. The van der Waals surface area contributed by atoms with Gasteiger partial charge >= 0.3 is 0 Å². The van der Waals surface area contributed by atoms with Crippen LogP contribution < -0.4 is 10.5 Å². The molecule has 0 heterocycles. The topological polar surface area (TPSA) is 105 Å². The second-order valence-corrected chi connectivity index (χ2v) is 7.02. The van der Waals surface area contributed by atoms with Crippen LogP contribution in [0.3, 0.4) is 0 Å². The molecule has 0 aliphatic carbocycles. The van der Waals surface area contributed by atoms with Crippen LogP contribution in [0.1, 0.15) is 19.4 Å². The van der Waals surface area contributed by atoms with E-state index in [1.165, 1.54) is 6.07 Å². The van der Waals surface area contributed by atoms with E-state index in [1.807, 2.05) is 0 Å². The van der Waals surface area contributed by atoms with E-state index in [0.717, 1.165) is 0 Å². The van der Waals surface area contributed by atoms with Gasteiger partial charge in [-0.3, -0.25) is 4.72 Å². The summed E-state index contributed by atoms with van der Waals surface area (Å²) in [7, 11) is -3.49. The second kappa shape index (κ2) is 5.57. The van der Waals surface area contributed by atoms with Crippen molar-refractivity contribution in [1.82, 2.24) is 0 Å². The van der Waals surface area contributed by atoms with Gasteiger partial charge in [-0.1, -0.05) is 21.1 Å². The van der Waals surface area contributed by atoms with Crippen LogP contribution in [0, 0.1) is 0 Å². The standard InChI is InChI=1S/C10H14BrN3O3S/c1-6(2)18(16,17)14-9-4-3-7(11)5-8(9)10(12)13-15/h3-6,14-15H,1-2H3,(H2,12,13). The Morgan fingerprint density at radius 3 is 2.61 bits per heavy atom. The third-order valence-electron chi connectivity index (χ3n) is 2.24. The molecule has 1 rings (SSSR count). The number of oxime groups is 1. The van der Waals surface area contributed by atoms with Crippen molar-refractivity contribution in [2.24, 2.45) is 10.9 Å². The molecule has 0 radical (unpaired) electrons. The number of amidine groups is 1. The predicted octanol–water partition coefficient (Wildman–Crippen LogP) is 1.69. The zero-order chi connectivity index (χ0) is 13.9. The van der Waals surface area contributed by atoms with Crippen LogP contribution in [-0.2, 0) is 10.0 Å². The number of benzene rings is 1. The Morgan fingerprint density at radius 1 is 1.50 bits per heavy atom. The molecule has 0 saturated heterocycles. The minimum atomic E-state index is -3.49. The summed E-state index contributed by atoms with van der Waals surface area (Å²) in [5.41, 5.74) is 6.07. The number of hydrogen-bond donors (Lipinski definition) is 3. The Kier molecular flexibility index (Phi) is 4.58. The van der Waals surface area contributed by atoms with Gasteiger partial charge in [0, 0.05) is 10.0 Å². The molecular weight excluding hydrogens is 322 g/mol. The highest BCUT2D eigenvalue weighted by Crippen LogP contribution is 2.22. The fraction of sp³-hybridized carbons (Fsp3) is 0.300. The van der Waals surface area contributed by atoms with Gasteiger partial charge in [0.2, 0.25) is 10.0 Å². The highest BCUT2D eigenvalue weighted by molar-refractivity contribution is 9.10. The van der Waals surface area contributed by atoms with Gasteiger partial charge in [-0.15, -0.1) is 0 Å². The van der Waals surface area contributed by atoms with Crippen molar-refractivity contribution >= 4 is 37.5 Å². The summed E-state index contributed by atoms with van der Waals surface area (Å²) in [6, 6.07) is 4.76. The minimum Gasteiger partial charge on any atom is -0.409 e. The molecule has 0 aliphatic rings. The molecule has 8 heteroatoms. The van der Waals surface area contributed by atoms with Crippen LogP contribution in [-0.4, -0.2) is 24.7 Å². The van der Waals surface area contributed by atoms with Gasteiger partial charge in [-0.25, -0.2) is 8.42 Å². The summed E-state index contributed by atoms with van der Waals surface area (Å²) in [6.07, 6.45) is 0. The van der Waals surface area contributed by atoms with Crippen molar-refractivity contribution in [1.29, 1.82) is 0 Å². The van der Waals surface area contributed by atoms with Gasteiger partial charge in [0.1, 0.15) is 0 Å². The molecule has 100 valence electrons. The number of hydrogen-bond acceptors (Lipinski definition) is 4. The molecule has 0 fully saturated rings. The second-order valence-electron chi connectivity index (χ2n) is 3.87. The predicted molar refractivity (Wildman–Crippen MR) is 74.3 cm³/mol. The average molecular weight is 336 g/mol. The molecule has 0 aliphatic heterocycles. The van der Waals surface area contributed by atoms with E-state index in [-0.39, 0.29) is 11.5 Å². The molecule has 0 unspecified atom stereocenters. The molecule has 18 heavy (non-hydrogen) atoms. The highest BCUT2D eigenvalue weighted by atomic mass is 79.9. The molecule has 0 atom stereocenters. The first-order valence-corrected chi connectivity index (χ1v) is 7.41. The Balaban J connectivity index is 3.26. The largest absolute Gasteiger partial charge is 0.409 e. The fourth-order valence-electron chi connectivity index (χ4n) is 1.14. The van der Waals surface area contributed by atoms with Crippen molar-refractivity contribution in [3.05, 3.63) is 28.2 Å². The van der Waals surface area contributed by atoms with Crippen molar-refractivity contribution in [2.75, 3.05) is 4.72 Å². The first-order chi connectivity index (χ1) is 8.27. The van der Waals surface area contributed by atoms with Crippen molar-refractivity contribution in [3.8, 4) is 0 Å². The average Bonchev–Trinajstić information content (AvgIpc) is 2.30. The van der Waals surface area contributed by atoms with Gasteiger partial charge in [-0.2, -0.15) is 0 Å². The first-order valence-electron chi connectivity index (χ1n) is 5.07. The quantitative estimate of drug-likeness (QED) is 0.337. The number of nitrogens with two attached hydrogens (primary N) is 1. The Morgan fingerprint density at radius 2 is 2.11 bits per heavy atom. The number of sulfonamides is 1. The van der Waals surface area contributed by atoms with Crippen LogP contribution in [0.2, 0.25) is 0 Å². The molecule has 0 saturated carbocycles. The van der Waals surface area contributed by atoms with Gasteiger partial charge in [-0.05, 0) is 32.0 Å². The lowest BCUT2D eigenvalue weighted by Gasteiger charge is -2.14. The Hall–Kier alpha value is -1.28. The molecule has 0 aromatic heterocycles. The summed E-state index contributed by atoms with van der Waals surface area (Å²) >= 11 is 3.23. The van der Waals surface area contributed by atoms with E-state index < -0.39 is 15.3 Å². The van der Waals surface area contributed by atoms with E-state index in [2.05, 4.69) is 25.8 Å². The molecule has 4 N–H and O–H groups in total. The number of nitrogens with zero attached hydrogens (tertiary/aromatic N) is 1. The van der Waals surface area contributed by atoms with Crippen LogP contribution in [0.4, 0.5) is 5.69 Å². The van der Waals surface area contributed by atoms with Crippen LogP contribution in [0.15, 0.2) is 27.8 Å². The maximum atomic E-state index is 11.8. The van der Waals surface area contributed by atoms with E-state index in [9.17, 15) is 8.42 Å². The highest BCUT2D eigenvalue weighted by Gasteiger charge is 2.18. The van der Waals surface area contributed by atoms with E-state index in [4.69, 9.17) is 10.9 Å². The summed E-state index contributed by atoms with van der Waals surface area (Å²) < 4.78 is 26.7. The van der Waals surface area contributed by atoms with E-state index in [1.54, 1.807) is 26.0 Å². The van der Waals surface area contributed by atoms with E-state index in [0.29, 0.717) is 10.0 Å². The summed E-state index contributed by atoms with van der Waals surface area (Å²) in [5.74, 6) is -0.169. The van der Waals surface area contributed by atoms with Crippen molar-refractivity contribution < 1.29 is 13.6 Å². The zero-order valence-corrected chi connectivity index (χ0v) is 12.3. The zero-order valence-electron chi connectivity index (χ0n) is 9.88. The van der Waals surface area contributed by atoms with Crippen LogP contribution in [0.5, 0.6) is 0 Å². The fourth-order valence-corrected chi connectivity index (χ4v) is 2.22.